The number of carbonyl (C=O) groups is 1. The summed E-state index contributed by atoms with van der Waals surface area (Å²) in [6.45, 7) is 10.2. The number of carbonyl (C=O) groups excluding carboxylic acids is 1. The first-order valence-electron chi connectivity index (χ1n) is 10.6. The third kappa shape index (κ3) is 5.70. The molecular weight excluding hydrogens is 390 g/mol. The van der Waals surface area contributed by atoms with E-state index in [1.165, 1.54) is 0 Å². The quantitative estimate of drug-likeness (QED) is 0.471. The molecule has 0 atom stereocenters. The molecule has 5 N–H and O–H groups in total. The minimum Gasteiger partial charge on any atom is -0.493 e. The van der Waals surface area contributed by atoms with Gasteiger partial charge in [-0.25, -0.2) is 0 Å². The smallest absolute Gasteiger partial charge is 0.250 e. The third-order valence-corrected chi connectivity index (χ3v) is 4.87. The lowest BCUT2D eigenvalue weighted by atomic mass is 9.94. The minimum atomic E-state index is -0.586. The normalized spacial score (nSPS) is 11.0. The largest absolute Gasteiger partial charge is 0.493 e. The van der Waals surface area contributed by atoms with Gasteiger partial charge in [0.25, 0.3) is 5.91 Å². The van der Waals surface area contributed by atoms with Gasteiger partial charge in [0.15, 0.2) is 0 Å². The summed E-state index contributed by atoms with van der Waals surface area (Å²) in [4.78, 5) is 18.7. The Kier molecular flexibility index (Phi) is 8.75. The number of hydrogen-bond acceptors (Lipinski definition) is 6. The molecule has 0 saturated heterocycles. The molecule has 0 aliphatic heterocycles. The molecule has 0 fully saturated rings. The summed E-state index contributed by atoms with van der Waals surface area (Å²) >= 11 is 0. The Morgan fingerprint density at radius 1 is 1.19 bits per heavy atom. The van der Waals surface area contributed by atoms with E-state index in [0.29, 0.717) is 35.9 Å². The van der Waals surface area contributed by atoms with Crippen LogP contribution in [0, 0.1) is 5.41 Å². The predicted molar refractivity (Wildman–Crippen MR) is 129 cm³/mol. The molecule has 0 aromatic heterocycles. The fraction of sp³-hybridized carbons (Fsp3) is 0.375. The number of ether oxygens (including phenoxy) is 1. The molecule has 0 unspecified atom stereocenters. The van der Waals surface area contributed by atoms with Gasteiger partial charge in [0.05, 0.1) is 17.9 Å². The molecule has 166 valence electrons. The van der Waals surface area contributed by atoms with Gasteiger partial charge in [-0.15, -0.1) is 0 Å². The predicted octanol–water partition coefficient (Wildman–Crippen LogP) is 4.14. The summed E-state index contributed by atoms with van der Waals surface area (Å²) in [5.41, 5.74) is 15.6. The molecule has 0 heterocycles. The van der Waals surface area contributed by atoms with Crippen LogP contribution in [0.3, 0.4) is 0 Å². The third-order valence-electron chi connectivity index (χ3n) is 4.87. The van der Waals surface area contributed by atoms with Crippen molar-refractivity contribution >= 4 is 29.2 Å². The maximum Gasteiger partial charge on any atom is 0.250 e. The fourth-order valence-corrected chi connectivity index (χ4v) is 3.55. The van der Waals surface area contributed by atoms with Crippen LogP contribution >= 0.6 is 0 Å². The number of nitrogens with two attached hydrogens (primary N) is 2. The van der Waals surface area contributed by atoms with Crippen molar-refractivity contribution < 1.29 is 9.53 Å². The highest BCUT2D eigenvalue weighted by atomic mass is 16.5. The monoisotopic (exact) mass is 423 g/mol. The Morgan fingerprint density at radius 3 is 2.45 bits per heavy atom. The second-order valence-electron chi connectivity index (χ2n) is 7.19. The summed E-state index contributed by atoms with van der Waals surface area (Å²) < 4.78 is 5.96. The highest BCUT2D eigenvalue weighted by Crippen LogP contribution is 2.38. The standard InChI is InChI=1S/C24H33N5O2/c1-5-11-29(12-10-25)18-8-9-19(22(15-18)31-7-3)17-13-20(16(4)26)23(28-6-2)21(14-17)24(27)30/h6,8-9,13-15,26H,5,7,10-12,25H2,1-4H3,(H2,27,30). The SMILES string of the molecule is CC=Nc1c(C(C)=N)cc(-c2ccc(N(CCC)CCN)cc2OCC)cc1C(N)=O. The molecule has 2 aromatic rings. The van der Waals surface area contributed by atoms with E-state index in [-0.39, 0.29) is 5.56 Å². The van der Waals surface area contributed by atoms with Crippen LogP contribution in [0.5, 0.6) is 5.75 Å². The molecule has 0 spiro atoms. The van der Waals surface area contributed by atoms with Crippen LogP contribution in [0.1, 0.15) is 50.0 Å². The van der Waals surface area contributed by atoms with Gasteiger partial charge in [-0.05, 0) is 57.0 Å². The van der Waals surface area contributed by atoms with E-state index in [2.05, 4.69) is 16.8 Å². The number of primary amides is 1. The van der Waals surface area contributed by atoms with E-state index in [1.54, 1.807) is 26.1 Å². The lowest BCUT2D eigenvalue weighted by Crippen LogP contribution is -2.30. The van der Waals surface area contributed by atoms with Gasteiger partial charge in [-0.3, -0.25) is 9.79 Å². The van der Waals surface area contributed by atoms with Gasteiger partial charge in [0.1, 0.15) is 5.75 Å². The van der Waals surface area contributed by atoms with Gasteiger partial charge < -0.3 is 26.5 Å². The molecule has 0 aliphatic carbocycles. The summed E-state index contributed by atoms with van der Waals surface area (Å²) in [6, 6.07) is 9.59. The molecular formula is C24H33N5O2. The highest BCUT2D eigenvalue weighted by molar-refractivity contribution is 6.09. The zero-order valence-corrected chi connectivity index (χ0v) is 18.9. The average Bonchev–Trinajstić information content (AvgIpc) is 2.74. The maximum absolute atomic E-state index is 12.2. The Labute approximate surface area is 184 Å². The Morgan fingerprint density at radius 2 is 1.90 bits per heavy atom. The van der Waals surface area contributed by atoms with E-state index < -0.39 is 5.91 Å². The summed E-state index contributed by atoms with van der Waals surface area (Å²) in [5, 5.41) is 8.19. The molecule has 7 nitrogen and oxygen atoms in total. The summed E-state index contributed by atoms with van der Waals surface area (Å²) in [6.07, 6.45) is 2.60. The van der Waals surface area contributed by atoms with Crippen molar-refractivity contribution in [2.45, 2.75) is 34.1 Å². The van der Waals surface area contributed by atoms with Crippen LogP contribution in [0.2, 0.25) is 0 Å². The van der Waals surface area contributed by atoms with Crippen molar-refractivity contribution in [3.8, 4) is 16.9 Å². The number of nitrogens with zero attached hydrogens (tertiary/aromatic N) is 2. The summed E-state index contributed by atoms with van der Waals surface area (Å²) in [5.74, 6) is 0.116. The first-order chi connectivity index (χ1) is 14.9. The van der Waals surface area contributed by atoms with Crippen LogP contribution < -0.4 is 21.1 Å². The highest BCUT2D eigenvalue weighted by Gasteiger charge is 2.19. The van der Waals surface area contributed by atoms with E-state index >= 15 is 0 Å². The van der Waals surface area contributed by atoms with E-state index in [0.717, 1.165) is 36.3 Å². The number of amides is 1. The Bertz CT molecular complexity index is 927. The Hall–Kier alpha value is -3.19. The molecule has 0 radical (unpaired) electrons. The number of benzene rings is 2. The molecule has 0 aliphatic rings. The molecule has 7 heteroatoms. The van der Waals surface area contributed by atoms with Gasteiger partial charge in [-0.1, -0.05) is 6.92 Å². The molecule has 0 saturated carbocycles. The van der Waals surface area contributed by atoms with Crippen LogP contribution in [0.25, 0.3) is 11.1 Å². The van der Waals surface area contributed by atoms with Crippen molar-refractivity contribution in [2.24, 2.45) is 16.5 Å². The van der Waals surface area contributed by atoms with Gasteiger partial charge in [0, 0.05) is 54.4 Å². The molecule has 0 bridgehead atoms. The van der Waals surface area contributed by atoms with Crippen molar-refractivity contribution in [3.63, 3.8) is 0 Å². The van der Waals surface area contributed by atoms with Gasteiger partial charge >= 0.3 is 0 Å². The van der Waals surface area contributed by atoms with Gasteiger partial charge in [0.2, 0.25) is 0 Å². The molecule has 1 amide bonds. The minimum absolute atomic E-state index is 0.277. The fourth-order valence-electron chi connectivity index (χ4n) is 3.55. The zero-order valence-electron chi connectivity index (χ0n) is 18.9. The Balaban J connectivity index is 2.71. The first kappa shape index (κ1) is 24.1. The number of hydrogen-bond donors (Lipinski definition) is 3. The van der Waals surface area contributed by atoms with E-state index in [1.807, 2.05) is 31.2 Å². The van der Waals surface area contributed by atoms with Crippen LogP contribution in [0.15, 0.2) is 35.3 Å². The second-order valence-corrected chi connectivity index (χ2v) is 7.19. The van der Waals surface area contributed by atoms with Crippen molar-refractivity contribution in [3.05, 3.63) is 41.5 Å². The second kappa shape index (κ2) is 11.3. The molecule has 31 heavy (non-hydrogen) atoms. The van der Waals surface area contributed by atoms with Crippen LogP contribution in [0.4, 0.5) is 11.4 Å². The molecule has 2 aromatic carbocycles. The van der Waals surface area contributed by atoms with Crippen LogP contribution in [-0.2, 0) is 0 Å². The topological polar surface area (TPSA) is 118 Å². The van der Waals surface area contributed by atoms with Crippen molar-refractivity contribution in [1.29, 1.82) is 5.41 Å². The first-order valence-corrected chi connectivity index (χ1v) is 10.6. The van der Waals surface area contributed by atoms with Crippen LogP contribution in [-0.4, -0.2) is 44.1 Å². The lowest BCUT2D eigenvalue weighted by molar-refractivity contribution is 0.100. The van der Waals surface area contributed by atoms with Crippen molar-refractivity contribution in [2.75, 3.05) is 31.1 Å². The van der Waals surface area contributed by atoms with Crippen molar-refractivity contribution in [1.82, 2.24) is 0 Å². The van der Waals surface area contributed by atoms with E-state index in [4.69, 9.17) is 21.6 Å². The number of nitrogens with one attached hydrogen (secondary N) is 1. The molecule has 2 rings (SSSR count). The summed E-state index contributed by atoms with van der Waals surface area (Å²) in [7, 11) is 0. The zero-order chi connectivity index (χ0) is 23.0. The van der Waals surface area contributed by atoms with Gasteiger partial charge in [-0.2, -0.15) is 0 Å². The number of aliphatic imine (C=N–C) groups is 1. The maximum atomic E-state index is 12.2. The number of rotatable bonds is 11. The average molecular weight is 424 g/mol. The van der Waals surface area contributed by atoms with E-state index in [9.17, 15) is 4.79 Å². The number of anilines is 1. The lowest BCUT2D eigenvalue weighted by Gasteiger charge is -2.25.